The van der Waals surface area contributed by atoms with Gasteiger partial charge in [-0.25, -0.2) is 0 Å². The Kier molecular flexibility index (Phi) is 5.12. The summed E-state index contributed by atoms with van der Waals surface area (Å²) in [6.45, 7) is 0. The highest BCUT2D eigenvalue weighted by molar-refractivity contribution is 6.51. The molecule has 2 rings (SSSR count). The third-order valence-electron chi connectivity index (χ3n) is 2.79. The molecule has 2 aromatic rings. The van der Waals surface area contributed by atoms with Crippen molar-refractivity contribution in [3.63, 3.8) is 0 Å². The van der Waals surface area contributed by atoms with Gasteiger partial charge >= 0.3 is 0 Å². The molecule has 0 saturated carbocycles. The molecule has 0 fully saturated rings. The summed E-state index contributed by atoms with van der Waals surface area (Å²) in [5.41, 5.74) is 3.34. The van der Waals surface area contributed by atoms with E-state index in [1.54, 1.807) is 54.6 Å². The van der Waals surface area contributed by atoms with E-state index in [2.05, 4.69) is 10.5 Å². The normalized spacial score (nSPS) is 10.7. The molecule has 0 atom stereocenters. The van der Waals surface area contributed by atoms with Gasteiger partial charge in [-0.05, 0) is 42.5 Å². The molecule has 0 aliphatic carbocycles. The van der Waals surface area contributed by atoms with Gasteiger partial charge in [0.1, 0.15) is 11.8 Å². The Labute approximate surface area is 132 Å². The van der Waals surface area contributed by atoms with Crippen LogP contribution in [0.25, 0.3) is 0 Å². The van der Waals surface area contributed by atoms with Crippen LogP contribution in [0.5, 0.6) is 5.75 Å². The Balaban J connectivity index is 2.17. The molecule has 5 nitrogen and oxygen atoms in total. The monoisotopic (exact) mass is 313 g/mol. The summed E-state index contributed by atoms with van der Waals surface area (Å²) in [5.74, 6) is 0.156. The SMILES string of the molecule is COc1ccc(C(=O)C(C#N)=NNc2cccc(Cl)c2)cc1. The fourth-order valence-corrected chi connectivity index (χ4v) is 1.87. The van der Waals surface area contributed by atoms with E-state index in [-0.39, 0.29) is 5.71 Å². The number of hydrogen-bond donors (Lipinski definition) is 1. The van der Waals surface area contributed by atoms with Crippen molar-refractivity contribution in [1.29, 1.82) is 5.26 Å². The fraction of sp³-hybridized carbons (Fsp3) is 0.0625. The van der Waals surface area contributed by atoms with Crippen molar-refractivity contribution in [1.82, 2.24) is 0 Å². The van der Waals surface area contributed by atoms with Gasteiger partial charge in [-0.3, -0.25) is 10.2 Å². The maximum absolute atomic E-state index is 12.2. The lowest BCUT2D eigenvalue weighted by Gasteiger charge is -2.03. The number of hydrazone groups is 1. The van der Waals surface area contributed by atoms with Gasteiger partial charge in [-0.1, -0.05) is 17.7 Å². The van der Waals surface area contributed by atoms with Crippen molar-refractivity contribution >= 4 is 28.8 Å². The van der Waals surface area contributed by atoms with Crippen LogP contribution in [0.3, 0.4) is 0 Å². The number of hydrogen-bond acceptors (Lipinski definition) is 5. The van der Waals surface area contributed by atoms with Gasteiger partial charge < -0.3 is 4.74 Å². The molecule has 0 aliphatic rings. The standard InChI is InChI=1S/C16H12ClN3O2/c1-22-14-7-5-11(6-8-14)16(21)15(10-18)20-19-13-4-2-3-12(17)9-13/h2-9,19H,1H3. The van der Waals surface area contributed by atoms with E-state index in [0.717, 1.165) is 0 Å². The molecule has 110 valence electrons. The van der Waals surface area contributed by atoms with Gasteiger partial charge in [0.2, 0.25) is 11.5 Å². The highest BCUT2D eigenvalue weighted by Crippen LogP contribution is 2.15. The summed E-state index contributed by atoms with van der Waals surface area (Å²) in [5, 5.41) is 13.5. The predicted molar refractivity (Wildman–Crippen MR) is 85.4 cm³/mol. The number of nitriles is 1. The maximum atomic E-state index is 12.2. The molecule has 22 heavy (non-hydrogen) atoms. The van der Waals surface area contributed by atoms with Crippen LogP contribution in [0.4, 0.5) is 5.69 Å². The third kappa shape index (κ3) is 3.84. The molecule has 0 heterocycles. The first-order valence-corrected chi connectivity index (χ1v) is 6.70. The summed E-state index contributed by atoms with van der Waals surface area (Å²) >= 11 is 5.85. The third-order valence-corrected chi connectivity index (χ3v) is 3.03. The van der Waals surface area contributed by atoms with Crippen molar-refractivity contribution in [2.24, 2.45) is 5.10 Å². The molecule has 6 heteroatoms. The maximum Gasteiger partial charge on any atom is 0.223 e. The first kappa shape index (κ1) is 15.5. The molecule has 1 N–H and O–H groups in total. The first-order valence-electron chi connectivity index (χ1n) is 6.32. The quantitative estimate of drug-likeness (QED) is 0.520. The van der Waals surface area contributed by atoms with Crippen LogP contribution in [-0.2, 0) is 0 Å². The number of nitrogens with one attached hydrogen (secondary N) is 1. The lowest BCUT2D eigenvalue weighted by atomic mass is 10.1. The largest absolute Gasteiger partial charge is 0.497 e. The molecule has 0 amide bonds. The van der Waals surface area contributed by atoms with Crippen LogP contribution in [0, 0.1) is 11.3 Å². The topological polar surface area (TPSA) is 74.5 Å². The zero-order chi connectivity index (χ0) is 15.9. The number of halogens is 1. The minimum Gasteiger partial charge on any atom is -0.497 e. The number of ketones is 1. The molecular formula is C16H12ClN3O2. The average molecular weight is 314 g/mol. The summed E-state index contributed by atoms with van der Waals surface area (Å²) in [6.07, 6.45) is 0. The fourth-order valence-electron chi connectivity index (χ4n) is 1.68. The van der Waals surface area contributed by atoms with E-state index < -0.39 is 5.78 Å². The van der Waals surface area contributed by atoms with Crippen LogP contribution in [-0.4, -0.2) is 18.6 Å². The highest BCUT2D eigenvalue weighted by atomic mass is 35.5. The van der Waals surface area contributed by atoms with Crippen LogP contribution in [0.2, 0.25) is 5.02 Å². The molecule has 0 aromatic heterocycles. The van der Waals surface area contributed by atoms with Gasteiger partial charge in [0.05, 0.1) is 12.8 Å². The minimum atomic E-state index is -0.473. The molecule has 0 radical (unpaired) electrons. The lowest BCUT2D eigenvalue weighted by Crippen LogP contribution is -2.14. The van der Waals surface area contributed by atoms with Gasteiger partial charge in [0.15, 0.2) is 0 Å². The Morgan fingerprint density at radius 3 is 2.59 bits per heavy atom. The second-order valence-electron chi connectivity index (χ2n) is 4.25. The number of rotatable bonds is 5. The second kappa shape index (κ2) is 7.25. The summed E-state index contributed by atoms with van der Waals surface area (Å²) in [7, 11) is 1.54. The zero-order valence-corrected chi connectivity index (χ0v) is 12.5. The molecule has 0 saturated heterocycles. The summed E-state index contributed by atoms with van der Waals surface area (Å²) in [4.78, 5) is 12.2. The Morgan fingerprint density at radius 1 is 1.27 bits per heavy atom. The number of ether oxygens (including phenoxy) is 1. The van der Waals surface area contributed by atoms with Crippen LogP contribution >= 0.6 is 11.6 Å². The van der Waals surface area contributed by atoms with E-state index in [0.29, 0.717) is 22.0 Å². The van der Waals surface area contributed by atoms with Crippen molar-refractivity contribution in [3.05, 3.63) is 59.1 Å². The van der Waals surface area contributed by atoms with Gasteiger partial charge in [-0.2, -0.15) is 10.4 Å². The summed E-state index contributed by atoms with van der Waals surface area (Å²) in [6, 6.07) is 15.0. The summed E-state index contributed by atoms with van der Waals surface area (Å²) < 4.78 is 5.02. The highest BCUT2D eigenvalue weighted by Gasteiger charge is 2.14. The van der Waals surface area contributed by atoms with E-state index in [9.17, 15) is 4.79 Å². The molecule has 0 aliphatic heterocycles. The molecular weight excluding hydrogens is 302 g/mol. The van der Waals surface area contributed by atoms with Gasteiger partial charge in [0, 0.05) is 10.6 Å². The van der Waals surface area contributed by atoms with Crippen LogP contribution in [0.15, 0.2) is 53.6 Å². The minimum absolute atomic E-state index is 0.245. The van der Waals surface area contributed by atoms with Crippen LogP contribution in [0.1, 0.15) is 10.4 Å². The first-order chi connectivity index (χ1) is 10.6. The van der Waals surface area contributed by atoms with Gasteiger partial charge in [-0.15, -0.1) is 0 Å². The number of carbonyl (C=O) groups excluding carboxylic acids is 1. The molecule has 0 unspecified atom stereocenters. The van der Waals surface area contributed by atoms with E-state index in [1.165, 1.54) is 7.11 Å². The van der Waals surface area contributed by atoms with Crippen LogP contribution < -0.4 is 10.2 Å². The van der Waals surface area contributed by atoms with Crippen molar-refractivity contribution in [3.8, 4) is 11.8 Å². The number of nitrogens with zero attached hydrogens (tertiary/aromatic N) is 2. The number of Topliss-reactive ketones (excluding diaryl/α,β-unsaturated/α-hetero) is 1. The van der Waals surface area contributed by atoms with Gasteiger partial charge in [0.25, 0.3) is 0 Å². The number of benzene rings is 2. The average Bonchev–Trinajstić information content (AvgIpc) is 2.55. The number of carbonyl (C=O) groups is 1. The lowest BCUT2D eigenvalue weighted by molar-refractivity contribution is 0.106. The smallest absolute Gasteiger partial charge is 0.223 e. The van der Waals surface area contributed by atoms with E-state index in [1.807, 2.05) is 0 Å². The van der Waals surface area contributed by atoms with Crippen molar-refractivity contribution in [2.45, 2.75) is 0 Å². The van der Waals surface area contributed by atoms with E-state index >= 15 is 0 Å². The molecule has 0 bridgehead atoms. The van der Waals surface area contributed by atoms with E-state index in [4.69, 9.17) is 21.6 Å². The Hall–Kier alpha value is -2.84. The molecule has 2 aromatic carbocycles. The number of anilines is 1. The molecule has 0 spiro atoms. The number of methoxy groups -OCH3 is 1. The Morgan fingerprint density at radius 2 is 2.00 bits per heavy atom. The van der Waals surface area contributed by atoms with Crippen molar-refractivity contribution in [2.75, 3.05) is 12.5 Å². The zero-order valence-electron chi connectivity index (χ0n) is 11.7. The second-order valence-corrected chi connectivity index (χ2v) is 4.69. The Bertz CT molecular complexity index is 749. The predicted octanol–water partition coefficient (Wildman–Crippen LogP) is 3.52. The van der Waals surface area contributed by atoms with Crippen molar-refractivity contribution < 1.29 is 9.53 Å².